The van der Waals surface area contributed by atoms with Crippen LogP contribution in [0.2, 0.25) is 5.02 Å². The maximum atomic E-state index is 12.8. The Labute approximate surface area is 205 Å². The predicted molar refractivity (Wildman–Crippen MR) is 126 cm³/mol. The van der Waals surface area contributed by atoms with Crippen LogP contribution in [0.4, 0.5) is 13.2 Å². The van der Waals surface area contributed by atoms with Crippen molar-refractivity contribution in [2.75, 3.05) is 0 Å². The maximum absolute atomic E-state index is 12.8. The number of alkyl halides is 3. The van der Waals surface area contributed by atoms with E-state index in [1.165, 1.54) is 0 Å². The second-order valence-electron chi connectivity index (χ2n) is 8.11. The van der Waals surface area contributed by atoms with Crippen LogP contribution in [0.15, 0.2) is 54.6 Å². The highest BCUT2D eigenvalue weighted by molar-refractivity contribution is 6.33. The monoisotopic (exact) mass is 505 g/mol. The molecule has 0 atom stereocenters. The lowest BCUT2D eigenvalue weighted by Gasteiger charge is -2.13. The molecule has 0 fully saturated rings. The number of aliphatic carboxylic acids is 1. The zero-order valence-electron chi connectivity index (χ0n) is 19.0. The summed E-state index contributed by atoms with van der Waals surface area (Å²) < 4.78 is 44.4. The summed E-state index contributed by atoms with van der Waals surface area (Å²) in [7, 11) is 0. The fourth-order valence-corrected chi connectivity index (χ4v) is 3.80. The zero-order chi connectivity index (χ0) is 25.8. The van der Waals surface area contributed by atoms with E-state index in [4.69, 9.17) is 21.4 Å². The Morgan fingerprint density at radius 1 is 1.00 bits per heavy atom. The number of carbonyl (C=O) groups excluding carboxylic acids is 1. The Bertz CT molecular complexity index is 1260. The third-order valence-electron chi connectivity index (χ3n) is 5.26. The van der Waals surface area contributed by atoms with Gasteiger partial charge >= 0.3 is 12.1 Å². The molecule has 3 rings (SSSR count). The molecule has 9 heteroatoms. The third kappa shape index (κ3) is 7.23. The number of hydrogen-bond donors (Lipinski definition) is 2. The summed E-state index contributed by atoms with van der Waals surface area (Å²) >= 11 is 5.90. The van der Waals surface area contributed by atoms with Gasteiger partial charge in [0.05, 0.1) is 16.1 Å². The Balaban J connectivity index is 1.68. The van der Waals surface area contributed by atoms with E-state index in [0.717, 1.165) is 40.5 Å². The molecule has 0 aromatic heterocycles. The van der Waals surface area contributed by atoms with E-state index >= 15 is 0 Å². The van der Waals surface area contributed by atoms with Crippen molar-refractivity contribution in [1.82, 2.24) is 5.32 Å². The molecule has 0 unspecified atom stereocenters. The predicted octanol–water partition coefficient (Wildman–Crippen LogP) is 6.72. The molecule has 2 N–H and O–H groups in total. The van der Waals surface area contributed by atoms with Gasteiger partial charge in [-0.2, -0.15) is 13.2 Å². The molecule has 5 nitrogen and oxygen atoms in total. The quantitative estimate of drug-likeness (QED) is 0.356. The molecule has 0 saturated heterocycles. The fraction of sp³-hybridized carbons (Fsp3) is 0.231. The number of halogens is 4. The van der Waals surface area contributed by atoms with Gasteiger partial charge in [0.1, 0.15) is 11.5 Å². The summed E-state index contributed by atoms with van der Waals surface area (Å²) in [6.07, 6.45) is -4.07. The lowest BCUT2D eigenvalue weighted by molar-refractivity contribution is -0.138. The number of amides is 1. The summed E-state index contributed by atoms with van der Waals surface area (Å²) in [5, 5.41) is 11.2. The van der Waals surface area contributed by atoms with E-state index in [1.54, 1.807) is 12.1 Å². The molecule has 3 aromatic rings. The molecule has 0 aliphatic carbocycles. The van der Waals surface area contributed by atoms with Crippen LogP contribution in [0.5, 0.6) is 11.5 Å². The van der Waals surface area contributed by atoms with Gasteiger partial charge in [-0.05, 0) is 85.0 Å². The number of carbonyl (C=O) groups is 2. The molecule has 35 heavy (non-hydrogen) atoms. The van der Waals surface area contributed by atoms with Crippen molar-refractivity contribution < 1.29 is 32.6 Å². The van der Waals surface area contributed by atoms with Crippen molar-refractivity contribution >= 4 is 23.5 Å². The number of ether oxygens (including phenoxy) is 1. The number of rotatable bonds is 8. The van der Waals surface area contributed by atoms with Crippen molar-refractivity contribution in [3.8, 4) is 11.5 Å². The normalized spacial score (nSPS) is 11.3. The van der Waals surface area contributed by atoms with Crippen LogP contribution in [0.1, 0.15) is 44.6 Å². The molecule has 0 saturated carbocycles. The number of nitrogens with one attached hydrogen (secondary N) is 1. The second-order valence-corrected chi connectivity index (χ2v) is 8.52. The van der Waals surface area contributed by atoms with Gasteiger partial charge in [-0.3, -0.25) is 9.59 Å². The topological polar surface area (TPSA) is 75.6 Å². The first-order chi connectivity index (χ1) is 16.4. The van der Waals surface area contributed by atoms with E-state index in [0.29, 0.717) is 17.9 Å². The van der Waals surface area contributed by atoms with Crippen LogP contribution in [-0.2, 0) is 23.9 Å². The van der Waals surface area contributed by atoms with Crippen LogP contribution < -0.4 is 10.1 Å². The van der Waals surface area contributed by atoms with Crippen LogP contribution in [0.3, 0.4) is 0 Å². The number of aryl methyl sites for hydroxylation is 3. The maximum Gasteiger partial charge on any atom is 0.416 e. The third-order valence-corrected chi connectivity index (χ3v) is 5.58. The molecule has 0 aliphatic rings. The van der Waals surface area contributed by atoms with E-state index in [-0.39, 0.29) is 23.6 Å². The van der Waals surface area contributed by atoms with E-state index in [1.807, 2.05) is 38.1 Å². The Morgan fingerprint density at radius 3 is 2.37 bits per heavy atom. The summed E-state index contributed by atoms with van der Waals surface area (Å²) in [4.78, 5) is 23.3. The number of carboxylic acids is 1. The first-order valence-electron chi connectivity index (χ1n) is 10.7. The molecule has 3 aromatic carbocycles. The number of benzene rings is 3. The molecule has 0 radical (unpaired) electrons. The average molecular weight is 506 g/mol. The summed E-state index contributed by atoms with van der Waals surface area (Å²) in [6, 6.07) is 13.4. The van der Waals surface area contributed by atoms with Crippen LogP contribution in [0.25, 0.3) is 0 Å². The van der Waals surface area contributed by atoms with E-state index < -0.39 is 23.6 Å². The first-order valence-corrected chi connectivity index (χ1v) is 11.0. The summed E-state index contributed by atoms with van der Waals surface area (Å²) in [5.74, 6) is -0.330. The Morgan fingerprint density at radius 2 is 1.74 bits per heavy atom. The molecule has 0 heterocycles. The summed E-state index contributed by atoms with van der Waals surface area (Å²) in [5.41, 5.74) is 2.47. The van der Waals surface area contributed by atoms with E-state index in [9.17, 15) is 22.8 Å². The zero-order valence-corrected chi connectivity index (χ0v) is 19.8. The van der Waals surface area contributed by atoms with Gasteiger partial charge in [0.25, 0.3) is 5.91 Å². The minimum atomic E-state index is -4.55. The second kappa shape index (κ2) is 10.8. The van der Waals surface area contributed by atoms with Crippen molar-refractivity contribution in [2.24, 2.45) is 0 Å². The summed E-state index contributed by atoms with van der Waals surface area (Å²) in [6.45, 7) is 3.86. The highest BCUT2D eigenvalue weighted by atomic mass is 35.5. The van der Waals surface area contributed by atoms with Crippen LogP contribution >= 0.6 is 11.6 Å². The highest BCUT2D eigenvalue weighted by Gasteiger charge is 2.31. The molecular weight excluding hydrogens is 483 g/mol. The van der Waals surface area contributed by atoms with Gasteiger partial charge < -0.3 is 15.2 Å². The SMILES string of the molecule is Cc1cc(CNC(=O)c2ccc(C(F)(F)F)cc2Cl)cc(Oc2ccc(CCC(=O)O)c(C)c2)c1. The standard InChI is InChI=1S/C26H23ClF3NO4/c1-15-9-17(14-31-25(34)22-7-5-19(13-23(22)27)26(28,29)30)12-21(10-15)35-20-6-3-18(16(2)11-20)4-8-24(32)33/h3,5-7,9-13H,4,8,14H2,1-2H3,(H,31,34)(H,32,33). The Hall–Kier alpha value is -3.52. The van der Waals surface area contributed by atoms with Gasteiger partial charge in [-0.25, -0.2) is 0 Å². The van der Waals surface area contributed by atoms with Gasteiger partial charge in [0.15, 0.2) is 0 Å². The Kier molecular flexibility index (Phi) is 8.07. The van der Waals surface area contributed by atoms with Crippen molar-refractivity contribution in [3.05, 3.63) is 93.0 Å². The molecule has 0 aliphatic heterocycles. The minimum absolute atomic E-state index is 0.0473. The van der Waals surface area contributed by atoms with Crippen LogP contribution in [0, 0.1) is 13.8 Å². The molecule has 0 spiro atoms. The molecular formula is C26H23ClF3NO4. The van der Waals surface area contributed by atoms with Crippen molar-refractivity contribution in [1.29, 1.82) is 0 Å². The van der Waals surface area contributed by atoms with Crippen LogP contribution in [-0.4, -0.2) is 17.0 Å². The fourth-order valence-electron chi connectivity index (χ4n) is 3.53. The average Bonchev–Trinajstić information content (AvgIpc) is 2.75. The highest BCUT2D eigenvalue weighted by Crippen LogP contribution is 2.32. The van der Waals surface area contributed by atoms with Gasteiger partial charge in [-0.1, -0.05) is 23.7 Å². The minimum Gasteiger partial charge on any atom is -0.481 e. The van der Waals surface area contributed by atoms with Crippen molar-refractivity contribution in [3.63, 3.8) is 0 Å². The smallest absolute Gasteiger partial charge is 0.416 e. The van der Waals surface area contributed by atoms with Gasteiger partial charge in [0, 0.05) is 13.0 Å². The van der Waals surface area contributed by atoms with E-state index in [2.05, 4.69) is 5.32 Å². The molecule has 1 amide bonds. The number of carboxylic acid groups (broad SMARTS) is 1. The first kappa shape index (κ1) is 26.1. The lowest BCUT2D eigenvalue weighted by Crippen LogP contribution is -2.23. The molecule has 184 valence electrons. The van der Waals surface area contributed by atoms with Crippen molar-refractivity contribution in [2.45, 2.75) is 39.4 Å². The van der Waals surface area contributed by atoms with Gasteiger partial charge in [0.2, 0.25) is 0 Å². The molecule has 0 bridgehead atoms. The number of hydrogen-bond acceptors (Lipinski definition) is 3. The lowest BCUT2D eigenvalue weighted by atomic mass is 10.0. The largest absolute Gasteiger partial charge is 0.481 e. The van der Waals surface area contributed by atoms with Gasteiger partial charge in [-0.15, -0.1) is 0 Å².